The van der Waals surface area contributed by atoms with E-state index in [9.17, 15) is 23.4 Å². The van der Waals surface area contributed by atoms with E-state index < -0.39 is 33.9 Å². The number of rotatable bonds is 18. The summed E-state index contributed by atoms with van der Waals surface area (Å²) in [5, 5.41) is 27.8. The van der Waals surface area contributed by atoms with Crippen LogP contribution in [0.1, 0.15) is 62.0 Å². The van der Waals surface area contributed by atoms with Gasteiger partial charge in [-0.25, -0.2) is 13.2 Å². The number of para-hydroxylation sites is 1. The maximum absolute atomic E-state index is 15.0. The molecule has 7 rings (SSSR count). The largest absolute Gasteiger partial charge is 0.460 e. The van der Waals surface area contributed by atoms with E-state index in [4.69, 9.17) is 19.0 Å². The van der Waals surface area contributed by atoms with Gasteiger partial charge in [-0.05, 0) is 79.0 Å². The summed E-state index contributed by atoms with van der Waals surface area (Å²) in [5.41, 5.74) is 3.43. The molecule has 13 nitrogen and oxygen atoms in total. The molecule has 0 spiro atoms. The van der Waals surface area contributed by atoms with Gasteiger partial charge in [-0.2, -0.15) is 4.31 Å². The first kappa shape index (κ1) is 43.0. The Kier molecular flexibility index (Phi) is 13.7. The summed E-state index contributed by atoms with van der Waals surface area (Å²) in [4.78, 5) is 23.2. The Morgan fingerprint density at radius 2 is 1.80 bits per heavy atom. The van der Waals surface area contributed by atoms with E-state index in [-0.39, 0.29) is 55.4 Å². The number of hydrogen-bond acceptors (Lipinski definition) is 11. The lowest BCUT2D eigenvalue weighted by Crippen LogP contribution is -2.69. The van der Waals surface area contributed by atoms with Crippen LogP contribution in [0, 0.1) is 17.8 Å². The molecular formula is C46H54N4O9S. The monoisotopic (exact) mass is 838 g/mol. The average molecular weight is 839 g/mol. The van der Waals surface area contributed by atoms with Crippen LogP contribution in [0.15, 0.2) is 119 Å². The van der Waals surface area contributed by atoms with E-state index >= 15 is 0 Å². The first-order valence-electron chi connectivity index (χ1n) is 20.6. The first-order valence-corrected chi connectivity index (χ1v) is 22.0. The van der Waals surface area contributed by atoms with Crippen molar-refractivity contribution in [1.82, 2.24) is 14.6 Å². The van der Waals surface area contributed by atoms with E-state index in [0.717, 1.165) is 36.0 Å². The zero-order valence-electron chi connectivity index (χ0n) is 34.1. The number of aliphatic hydroxyl groups excluding tert-OH is 2. The van der Waals surface area contributed by atoms with Crippen molar-refractivity contribution >= 4 is 32.7 Å². The standard InChI is InChI=1S/C46H54N4O9S/c1-4-26-57-46-41(50(2)60(54,55)40-20-12-17-32-18-13-23-47-44(32)40)29-38(49-56-3)36-27-33(16-8-10-24-51)35(19-9-11-25-52)42(43(36)46)37-28-34(21-22-39(37)59-46)58-45(53)48-30-31-14-6-5-7-15-31/h4-7,12-15,17-18,20-23,27-28,33,35,41-43,51-52H,1,8-11,16,19,24-26,29-30H2,2-3H3,(H,48,53)/t33-,35+,41-,42+,43+,46+/m0/s1. The van der Waals surface area contributed by atoms with Crippen molar-refractivity contribution in [1.29, 1.82) is 0 Å². The quantitative estimate of drug-likeness (QED) is 0.0534. The number of sulfonamides is 1. The van der Waals surface area contributed by atoms with Crippen molar-refractivity contribution in [3.8, 4) is 11.5 Å². The second-order valence-electron chi connectivity index (χ2n) is 15.5. The number of allylic oxidation sites excluding steroid dienone is 1. The lowest BCUT2D eigenvalue weighted by Gasteiger charge is -2.59. The summed E-state index contributed by atoms with van der Waals surface area (Å²) in [7, 11) is -1.26. The molecule has 0 unspecified atom stereocenters. The van der Waals surface area contributed by atoms with Gasteiger partial charge in [0.1, 0.15) is 23.5 Å². The van der Waals surface area contributed by atoms with Crippen molar-refractivity contribution in [3.05, 3.63) is 120 Å². The number of ether oxygens (including phenoxy) is 3. The van der Waals surface area contributed by atoms with Gasteiger partial charge in [0.05, 0.1) is 29.8 Å². The van der Waals surface area contributed by atoms with Gasteiger partial charge in [0.2, 0.25) is 15.8 Å². The van der Waals surface area contributed by atoms with Crippen LogP contribution in [-0.2, 0) is 26.1 Å². The van der Waals surface area contributed by atoms with Crippen LogP contribution in [0.4, 0.5) is 4.79 Å². The summed E-state index contributed by atoms with van der Waals surface area (Å²) in [5.74, 6) is -1.89. The fourth-order valence-corrected chi connectivity index (χ4v) is 10.9. The molecular weight excluding hydrogens is 785 g/mol. The van der Waals surface area contributed by atoms with E-state index in [0.29, 0.717) is 47.4 Å². The van der Waals surface area contributed by atoms with Crippen molar-refractivity contribution in [3.63, 3.8) is 0 Å². The average Bonchev–Trinajstić information content (AvgIpc) is 3.26. The lowest BCUT2D eigenvalue weighted by atomic mass is 9.55. The number of unbranched alkanes of at least 4 members (excludes halogenated alkanes) is 2. The summed E-state index contributed by atoms with van der Waals surface area (Å²) in [6.07, 6.45) is 9.08. The smallest absolute Gasteiger partial charge is 0.412 e. The molecule has 3 aliphatic rings. The van der Waals surface area contributed by atoms with Crippen LogP contribution in [0.2, 0.25) is 0 Å². The number of fused-ring (bicyclic) bond motifs is 3. The van der Waals surface area contributed by atoms with Crippen LogP contribution < -0.4 is 14.8 Å². The number of amides is 1. The molecule has 1 saturated carbocycles. The molecule has 2 heterocycles. The Bertz CT molecular complexity index is 2320. The van der Waals surface area contributed by atoms with Crippen molar-refractivity contribution in [2.75, 3.05) is 34.0 Å². The van der Waals surface area contributed by atoms with Gasteiger partial charge in [0.15, 0.2) is 0 Å². The van der Waals surface area contributed by atoms with Gasteiger partial charge in [0, 0.05) is 56.3 Å². The Morgan fingerprint density at radius 1 is 1.03 bits per heavy atom. The predicted octanol–water partition coefficient (Wildman–Crippen LogP) is 7.11. The maximum Gasteiger partial charge on any atom is 0.412 e. The van der Waals surface area contributed by atoms with Crippen LogP contribution in [0.3, 0.4) is 0 Å². The molecule has 3 aromatic carbocycles. The number of carbonyl (C=O) groups excluding carboxylic acids is 1. The molecule has 318 valence electrons. The molecule has 14 heteroatoms. The van der Waals surface area contributed by atoms with Crippen molar-refractivity contribution < 1.29 is 42.5 Å². The second-order valence-corrected chi connectivity index (χ2v) is 17.5. The molecule has 0 radical (unpaired) electrons. The third kappa shape index (κ3) is 8.57. The van der Waals surface area contributed by atoms with Crippen LogP contribution in [0.5, 0.6) is 11.5 Å². The summed E-state index contributed by atoms with van der Waals surface area (Å²) in [6.45, 7) is 4.39. The molecule has 4 aromatic rings. The zero-order valence-corrected chi connectivity index (χ0v) is 34.9. The number of aliphatic hydroxyl groups is 2. The molecule has 6 atom stereocenters. The van der Waals surface area contributed by atoms with Gasteiger partial charge in [0.25, 0.3) is 0 Å². The molecule has 2 aliphatic carbocycles. The van der Waals surface area contributed by atoms with E-state index in [2.05, 4.69) is 28.1 Å². The highest BCUT2D eigenvalue weighted by Gasteiger charge is 2.65. The van der Waals surface area contributed by atoms with Crippen LogP contribution >= 0.6 is 0 Å². The van der Waals surface area contributed by atoms with Gasteiger partial charge in [-0.15, -0.1) is 6.58 Å². The minimum atomic E-state index is -4.27. The Labute approximate surface area is 351 Å². The van der Waals surface area contributed by atoms with Gasteiger partial charge >= 0.3 is 6.09 Å². The molecule has 1 aliphatic heterocycles. The molecule has 1 aromatic heterocycles. The van der Waals surface area contributed by atoms with Crippen LogP contribution in [0.25, 0.3) is 10.9 Å². The number of benzene rings is 3. The third-order valence-corrected chi connectivity index (χ3v) is 13.9. The highest BCUT2D eigenvalue weighted by molar-refractivity contribution is 7.89. The lowest BCUT2D eigenvalue weighted by molar-refractivity contribution is -0.250. The molecule has 0 bridgehead atoms. The predicted molar refractivity (Wildman–Crippen MR) is 228 cm³/mol. The highest BCUT2D eigenvalue weighted by Crippen LogP contribution is 2.62. The third-order valence-electron chi connectivity index (χ3n) is 12.0. The van der Waals surface area contributed by atoms with Gasteiger partial charge in [-0.3, -0.25) is 4.98 Å². The van der Waals surface area contributed by atoms with Gasteiger partial charge < -0.3 is 34.6 Å². The van der Waals surface area contributed by atoms with Gasteiger partial charge in [-0.1, -0.05) is 78.7 Å². The summed E-state index contributed by atoms with van der Waals surface area (Å²) < 4.78 is 51.3. The minimum Gasteiger partial charge on any atom is -0.460 e. The Balaban J connectivity index is 1.39. The number of oxime groups is 1. The minimum absolute atomic E-state index is 0.00452. The van der Waals surface area contributed by atoms with E-state index in [1.165, 1.54) is 18.5 Å². The molecule has 0 saturated heterocycles. The maximum atomic E-state index is 15.0. The van der Waals surface area contributed by atoms with Crippen molar-refractivity contribution in [2.24, 2.45) is 22.9 Å². The fraction of sp³-hybridized carbons (Fsp3) is 0.413. The number of carbonyl (C=O) groups is 1. The second kappa shape index (κ2) is 19.1. The van der Waals surface area contributed by atoms with Crippen LogP contribution in [-0.4, -0.2) is 85.5 Å². The summed E-state index contributed by atoms with van der Waals surface area (Å²) in [6, 6.07) is 22.5. The number of aromatic nitrogens is 1. The number of pyridine rings is 1. The molecule has 3 N–H and O–H groups in total. The SMILES string of the molecule is C=CCO[C@@]12Oc3ccc(OC(=O)NCc4ccccc4)cc3[C@H]3[C@H](CCCCO)[C@@H](CCCCO)C=C(C(=NOC)C[C@@H]1N(C)S(=O)(=O)c1cccc4cccnc14)[C@H]32. The first-order chi connectivity index (χ1) is 29.2. The van der Waals surface area contributed by atoms with E-state index in [1.807, 2.05) is 48.5 Å². The zero-order chi connectivity index (χ0) is 42.3. The topological polar surface area (TPSA) is 169 Å². The molecule has 60 heavy (non-hydrogen) atoms. The number of nitrogens with one attached hydrogen (secondary N) is 1. The Hall–Kier alpha value is -5.12. The number of likely N-dealkylation sites (N-methyl/N-ethyl adjacent to an activating group) is 1. The highest BCUT2D eigenvalue weighted by atomic mass is 32.2. The van der Waals surface area contributed by atoms with E-state index in [1.54, 1.807) is 42.6 Å². The number of nitrogens with zero attached hydrogens (tertiary/aromatic N) is 3. The van der Waals surface area contributed by atoms with Crippen molar-refractivity contribution in [2.45, 2.75) is 74.1 Å². The number of hydrogen-bond donors (Lipinski definition) is 3. The summed E-state index contributed by atoms with van der Waals surface area (Å²) >= 11 is 0. The molecule has 1 fully saturated rings. The fourth-order valence-electron chi connectivity index (χ4n) is 9.40. The molecule has 1 amide bonds. The normalized spacial score (nSPS) is 23.9. The Morgan fingerprint density at radius 3 is 2.55 bits per heavy atom.